The standard InChI is InChI=1S/C14H27N3O3/c1-5-14(6-2,12(18)19)10-15-13(20)17-8-7-16(4)9-11(17)3/h11H,5-10H2,1-4H3,(H,15,20)(H,18,19). The van der Waals surface area contributed by atoms with E-state index in [-0.39, 0.29) is 18.6 Å². The maximum absolute atomic E-state index is 12.2. The molecule has 0 aromatic carbocycles. The molecule has 2 amide bonds. The van der Waals surface area contributed by atoms with Gasteiger partial charge in [0, 0.05) is 32.2 Å². The first-order chi connectivity index (χ1) is 9.36. The number of aliphatic carboxylic acids is 1. The number of carbonyl (C=O) groups is 2. The lowest BCUT2D eigenvalue weighted by molar-refractivity contribution is -0.149. The van der Waals surface area contributed by atoms with E-state index in [1.54, 1.807) is 4.90 Å². The molecule has 0 radical (unpaired) electrons. The summed E-state index contributed by atoms with van der Waals surface area (Å²) in [4.78, 5) is 27.6. The average Bonchev–Trinajstić information content (AvgIpc) is 2.39. The second-order valence-electron chi connectivity index (χ2n) is 5.76. The minimum Gasteiger partial charge on any atom is -0.481 e. The van der Waals surface area contributed by atoms with Crippen LogP contribution in [0.4, 0.5) is 4.79 Å². The number of piperazine rings is 1. The summed E-state index contributed by atoms with van der Waals surface area (Å²) in [5, 5.41) is 12.2. The summed E-state index contributed by atoms with van der Waals surface area (Å²) in [6, 6.07) is -0.00523. The molecule has 1 unspecified atom stereocenters. The number of hydrogen-bond donors (Lipinski definition) is 2. The molecule has 1 fully saturated rings. The largest absolute Gasteiger partial charge is 0.481 e. The number of nitrogens with one attached hydrogen (secondary N) is 1. The predicted molar refractivity (Wildman–Crippen MR) is 77.7 cm³/mol. The molecule has 20 heavy (non-hydrogen) atoms. The van der Waals surface area contributed by atoms with Crippen molar-refractivity contribution in [2.24, 2.45) is 5.41 Å². The lowest BCUT2D eigenvalue weighted by atomic mass is 9.82. The number of nitrogens with zero attached hydrogens (tertiary/aromatic N) is 2. The topological polar surface area (TPSA) is 72.9 Å². The highest BCUT2D eigenvalue weighted by atomic mass is 16.4. The Morgan fingerprint density at radius 2 is 1.90 bits per heavy atom. The molecule has 0 aromatic rings. The van der Waals surface area contributed by atoms with Gasteiger partial charge >= 0.3 is 12.0 Å². The molecule has 1 rings (SSSR count). The van der Waals surface area contributed by atoms with Crippen molar-refractivity contribution in [2.75, 3.05) is 33.2 Å². The molecule has 1 aliphatic rings. The van der Waals surface area contributed by atoms with Crippen LogP contribution in [0.3, 0.4) is 0 Å². The SMILES string of the molecule is CCC(CC)(CNC(=O)N1CCN(C)CC1C)C(=O)O. The normalized spacial score (nSPS) is 20.8. The van der Waals surface area contributed by atoms with Gasteiger partial charge in [0.1, 0.15) is 0 Å². The highest BCUT2D eigenvalue weighted by Crippen LogP contribution is 2.25. The minimum atomic E-state index is -0.856. The molecular formula is C14H27N3O3. The zero-order valence-corrected chi connectivity index (χ0v) is 13.0. The highest BCUT2D eigenvalue weighted by Gasteiger charge is 2.36. The summed E-state index contributed by atoms with van der Waals surface area (Å²) in [6.07, 6.45) is 1.02. The van der Waals surface area contributed by atoms with Crippen molar-refractivity contribution in [3.05, 3.63) is 0 Å². The van der Waals surface area contributed by atoms with Crippen LogP contribution in [0, 0.1) is 5.41 Å². The Labute approximate surface area is 121 Å². The second kappa shape index (κ2) is 6.92. The van der Waals surface area contributed by atoms with Crippen molar-refractivity contribution in [3.8, 4) is 0 Å². The smallest absolute Gasteiger partial charge is 0.317 e. The summed E-state index contributed by atoms with van der Waals surface area (Å²) in [5.41, 5.74) is -0.856. The van der Waals surface area contributed by atoms with Crippen LogP contribution >= 0.6 is 0 Å². The van der Waals surface area contributed by atoms with Crippen molar-refractivity contribution in [1.29, 1.82) is 0 Å². The molecule has 0 aromatic heterocycles. The first-order valence-electron chi connectivity index (χ1n) is 7.32. The molecule has 2 N–H and O–H groups in total. The van der Waals surface area contributed by atoms with Crippen LogP contribution < -0.4 is 5.32 Å². The van der Waals surface area contributed by atoms with Crippen LogP contribution in [-0.2, 0) is 4.79 Å². The van der Waals surface area contributed by atoms with E-state index in [4.69, 9.17) is 0 Å². The van der Waals surface area contributed by atoms with Gasteiger partial charge in [-0.3, -0.25) is 4.79 Å². The number of hydrogen-bond acceptors (Lipinski definition) is 3. The van der Waals surface area contributed by atoms with Crippen LogP contribution in [0.15, 0.2) is 0 Å². The third-order valence-corrected chi connectivity index (χ3v) is 4.48. The quantitative estimate of drug-likeness (QED) is 0.796. The van der Waals surface area contributed by atoms with Gasteiger partial charge < -0.3 is 20.2 Å². The fourth-order valence-corrected chi connectivity index (χ4v) is 2.67. The van der Waals surface area contributed by atoms with Crippen molar-refractivity contribution in [3.63, 3.8) is 0 Å². The Morgan fingerprint density at radius 3 is 2.35 bits per heavy atom. The van der Waals surface area contributed by atoms with Crippen LogP contribution in [0.2, 0.25) is 0 Å². The number of likely N-dealkylation sites (N-methyl/N-ethyl adjacent to an activating group) is 1. The maximum Gasteiger partial charge on any atom is 0.317 e. The predicted octanol–water partition coefficient (Wildman–Crippen LogP) is 1.22. The van der Waals surface area contributed by atoms with Crippen molar-refractivity contribution in [2.45, 2.75) is 39.7 Å². The lowest BCUT2D eigenvalue weighted by Crippen LogP contribution is -2.57. The maximum atomic E-state index is 12.2. The number of carbonyl (C=O) groups excluding carboxylic acids is 1. The molecule has 6 heteroatoms. The molecule has 0 saturated carbocycles. The van der Waals surface area contributed by atoms with E-state index in [2.05, 4.69) is 10.2 Å². The average molecular weight is 285 g/mol. The first-order valence-corrected chi connectivity index (χ1v) is 7.32. The van der Waals surface area contributed by atoms with Crippen molar-refractivity contribution >= 4 is 12.0 Å². The Kier molecular flexibility index (Phi) is 5.80. The zero-order chi connectivity index (χ0) is 15.3. The van der Waals surface area contributed by atoms with Gasteiger partial charge in [-0.05, 0) is 26.8 Å². The minimum absolute atomic E-state index is 0.149. The summed E-state index contributed by atoms with van der Waals surface area (Å²) in [5.74, 6) is -0.839. The lowest BCUT2D eigenvalue weighted by Gasteiger charge is -2.38. The van der Waals surface area contributed by atoms with E-state index >= 15 is 0 Å². The number of carboxylic acids is 1. The van der Waals surface area contributed by atoms with E-state index < -0.39 is 11.4 Å². The monoisotopic (exact) mass is 285 g/mol. The Hall–Kier alpha value is -1.30. The molecule has 6 nitrogen and oxygen atoms in total. The Bertz CT molecular complexity index is 356. The van der Waals surface area contributed by atoms with Gasteiger partial charge in [0.05, 0.1) is 5.41 Å². The van der Waals surface area contributed by atoms with E-state index in [0.29, 0.717) is 19.4 Å². The number of urea groups is 1. The summed E-state index contributed by atoms with van der Waals surface area (Å²) >= 11 is 0. The second-order valence-corrected chi connectivity index (χ2v) is 5.76. The molecule has 1 aliphatic heterocycles. The molecule has 1 saturated heterocycles. The van der Waals surface area contributed by atoms with Gasteiger partial charge in [-0.2, -0.15) is 0 Å². The summed E-state index contributed by atoms with van der Waals surface area (Å²) in [7, 11) is 2.04. The van der Waals surface area contributed by atoms with E-state index in [1.807, 2.05) is 27.8 Å². The zero-order valence-electron chi connectivity index (χ0n) is 13.0. The number of amides is 2. The Balaban J connectivity index is 2.60. The van der Waals surface area contributed by atoms with Crippen LogP contribution in [0.5, 0.6) is 0 Å². The third kappa shape index (κ3) is 3.62. The van der Waals surface area contributed by atoms with Crippen molar-refractivity contribution < 1.29 is 14.7 Å². The first kappa shape index (κ1) is 16.8. The van der Waals surface area contributed by atoms with Crippen LogP contribution in [0.25, 0.3) is 0 Å². The van der Waals surface area contributed by atoms with Gasteiger partial charge in [-0.25, -0.2) is 4.79 Å². The van der Waals surface area contributed by atoms with Gasteiger partial charge in [0.25, 0.3) is 0 Å². The van der Waals surface area contributed by atoms with Gasteiger partial charge in [0.2, 0.25) is 0 Å². The van der Waals surface area contributed by atoms with E-state index in [9.17, 15) is 14.7 Å². The fraction of sp³-hybridized carbons (Fsp3) is 0.857. The number of carboxylic acid groups (broad SMARTS) is 1. The molecule has 0 spiro atoms. The Morgan fingerprint density at radius 1 is 1.30 bits per heavy atom. The third-order valence-electron chi connectivity index (χ3n) is 4.48. The van der Waals surface area contributed by atoms with E-state index in [1.165, 1.54) is 0 Å². The molecule has 116 valence electrons. The molecule has 0 aliphatic carbocycles. The molecule has 1 heterocycles. The fourth-order valence-electron chi connectivity index (χ4n) is 2.67. The van der Waals surface area contributed by atoms with E-state index in [0.717, 1.165) is 13.1 Å². The van der Waals surface area contributed by atoms with Crippen LogP contribution in [-0.4, -0.2) is 66.2 Å². The molecular weight excluding hydrogens is 258 g/mol. The summed E-state index contributed by atoms with van der Waals surface area (Å²) < 4.78 is 0. The van der Waals surface area contributed by atoms with Crippen LogP contribution in [0.1, 0.15) is 33.6 Å². The number of rotatable bonds is 5. The van der Waals surface area contributed by atoms with Gasteiger partial charge in [-0.1, -0.05) is 13.8 Å². The molecule has 0 bridgehead atoms. The summed E-state index contributed by atoms with van der Waals surface area (Å²) in [6.45, 7) is 8.28. The van der Waals surface area contributed by atoms with Gasteiger partial charge in [-0.15, -0.1) is 0 Å². The van der Waals surface area contributed by atoms with Crippen molar-refractivity contribution in [1.82, 2.24) is 15.1 Å². The molecule has 1 atom stereocenters. The highest BCUT2D eigenvalue weighted by molar-refractivity contribution is 5.78. The van der Waals surface area contributed by atoms with Gasteiger partial charge in [0.15, 0.2) is 0 Å².